The second kappa shape index (κ2) is 6.75. The number of carbonyl (C=O) groups is 1. The molecule has 1 N–H and O–H groups in total. The van der Waals surface area contributed by atoms with Gasteiger partial charge in [0.2, 0.25) is 0 Å². The maximum absolute atomic E-state index is 12.6. The minimum absolute atomic E-state index is 0.116. The zero-order chi connectivity index (χ0) is 19.1. The lowest BCUT2D eigenvalue weighted by Crippen LogP contribution is -2.24. The van der Waals surface area contributed by atoms with Crippen molar-refractivity contribution in [3.63, 3.8) is 0 Å². The van der Waals surface area contributed by atoms with Gasteiger partial charge in [-0.15, -0.1) is 0 Å². The molecule has 2 aromatic rings. The SMILES string of the molecule is O=C(O)C1(c2ccc(S(=O)(=O)Cc3cccnc3)cc2)CC1C1CCCC1. The molecular formula is C21H23NO4S. The van der Waals surface area contributed by atoms with Gasteiger partial charge in [-0.1, -0.05) is 43.9 Å². The minimum atomic E-state index is -3.49. The van der Waals surface area contributed by atoms with E-state index in [4.69, 9.17) is 0 Å². The second-order valence-corrected chi connectivity index (χ2v) is 9.77. The number of sulfone groups is 1. The summed E-state index contributed by atoms with van der Waals surface area (Å²) in [6, 6.07) is 9.93. The van der Waals surface area contributed by atoms with Crippen molar-refractivity contribution in [1.29, 1.82) is 0 Å². The highest BCUT2D eigenvalue weighted by Gasteiger charge is 2.63. The van der Waals surface area contributed by atoms with Gasteiger partial charge < -0.3 is 5.11 Å². The third kappa shape index (κ3) is 3.27. The molecule has 2 aliphatic carbocycles. The summed E-state index contributed by atoms with van der Waals surface area (Å²) >= 11 is 0. The summed E-state index contributed by atoms with van der Waals surface area (Å²) in [7, 11) is -3.49. The van der Waals surface area contributed by atoms with Crippen molar-refractivity contribution in [2.75, 3.05) is 0 Å². The number of carboxylic acids is 1. The van der Waals surface area contributed by atoms with E-state index >= 15 is 0 Å². The van der Waals surface area contributed by atoms with Gasteiger partial charge in [-0.05, 0) is 47.6 Å². The molecule has 2 unspecified atom stereocenters. The maximum atomic E-state index is 12.6. The summed E-state index contributed by atoms with van der Waals surface area (Å²) in [4.78, 5) is 16.2. The fourth-order valence-corrected chi connectivity index (χ4v) is 5.99. The van der Waals surface area contributed by atoms with Crippen LogP contribution in [0.2, 0.25) is 0 Å². The first-order valence-electron chi connectivity index (χ1n) is 9.39. The topological polar surface area (TPSA) is 84.3 Å². The van der Waals surface area contributed by atoms with Gasteiger partial charge in [0, 0.05) is 12.4 Å². The van der Waals surface area contributed by atoms with Gasteiger partial charge in [-0.25, -0.2) is 8.42 Å². The van der Waals surface area contributed by atoms with E-state index in [2.05, 4.69) is 4.98 Å². The molecule has 142 valence electrons. The molecule has 1 aromatic heterocycles. The molecule has 2 saturated carbocycles. The molecule has 5 nitrogen and oxygen atoms in total. The number of pyridine rings is 1. The van der Waals surface area contributed by atoms with Crippen molar-refractivity contribution in [3.8, 4) is 0 Å². The predicted octanol–water partition coefficient (Wildman–Crippen LogP) is 3.59. The molecule has 2 atom stereocenters. The number of carboxylic acid groups (broad SMARTS) is 1. The quantitative estimate of drug-likeness (QED) is 0.821. The van der Waals surface area contributed by atoms with Gasteiger partial charge in [0.1, 0.15) is 0 Å². The molecule has 2 fully saturated rings. The lowest BCUT2D eigenvalue weighted by Gasteiger charge is -2.17. The summed E-state index contributed by atoms with van der Waals surface area (Å²) in [6.45, 7) is 0. The lowest BCUT2D eigenvalue weighted by molar-refractivity contribution is -0.140. The number of hydrogen-bond donors (Lipinski definition) is 1. The first-order chi connectivity index (χ1) is 12.9. The summed E-state index contributed by atoms with van der Waals surface area (Å²) < 4.78 is 25.3. The van der Waals surface area contributed by atoms with E-state index in [1.165, 1.54) is 12.8 Å². The third-order valence-corrected chi connectivity index (χ3v) is 7.88. The maximum Gasteiger partial charge on any atom is 0.314 e. The number of nitrogens with zero attached hydrogens (tertiary/aromatic N) is 1. The number of benzene rings is 1. The van der Waals surface area contributed by atoms with Crippen LogP contribution < -0.4 is 0 Å². The van der Waals surface area contributed by atoms with E-state index in [0.717, 1.165) is 18.4 Å². The molecule has 27 heavy (non-hydrogen) atoms. The Balaban J connectivity index is 1.57. The molecule has 1 heterocycles. The molecule has 0 bridgehead atoms. The molecule has 0 saturated heterocycles. The Morgan fingerprint density at radius 1 is 1.15 bits per heavy atom. The van der Waals surface area contributed by atoms with Gasteiger partial charge in [0.15, 0.2) is 9.84 Å². The predicted molar refractivity (Wildman–Crippen MR) is 101 cm³/mol. The van der Waals surface area contributed by atoms with Crippen molar-refractivity contribution < 1.29 is 18.3 Å². The van der Waals surface area contributed by atoms with Gasteiger partial charge >= 0.3 is 5.97 Å². The molecule has 6 heteroatoms. The highest BCUT2D eigenvalue weighted by atomic mass is 32.2. The van der Waals surface area contributed by atoms with Crippen LogP contribution >= 0.6 is 0 Å². The highest BCUT2D eigenvalue weighted by molar-refractivity contribution is 7.90. The zero-order valence-electron chi connectivity index (χ0n) is 15.0. The van der Waals surface area contributed by atoms with Crippen LogP contribution in [0, 0.1) is 11.8 Å². The van der Waals surface area contributed by atoms with E-state index in [1.807, 2.05) is 0 Å². The molecule has 4 rings (SSSR count). The van der Waals surface area contributed by atoms with Gasteiger partial charge in [-0.3, -0.25) is 9.78 Å². The normalized spacial score (nSPS) is 25.4. The average molecular weight is 385 g/mol. The van der Waals surface area contributed by atoms with E-state index in [0.29, 0.717) is 17.9 Å². The van der Waals surface area contributed by atoms with Crippen LogP contribution in [0.15, 0.2) is 53.7 Å². The fraction of sp³-hybridized carbons (Fsp3) is 0.429. The Morgan fingerprint density at radius 2 is 1.85 bits per heavy atom. The molecule has 0 amide bonds. The highest BCUT2D eigenvalue weighted by Crippen LogP contribution is 2.61. The average Bonchev–Trinajstić information content (AvgIpc) is 3.19. The van der Waals surface area contributed by atoms with Crippen LogP contribution in [0.25, 0.3) is 0 Å². The number of rotatable bonds is 6. The summed E-state index contributed by atoms with van der Waals surface area (Å²) in [5.41, 5.74) is 0.528. The number of aliphatic carboxylic acids is 1. The summed E-state index contributed by atoms with van der Waals surface area (Å²) in [5.74, 6) is -0.245. The van der Waals surface area contributed by atoms with Crippen LogP contribution in [0.5, 0.6) is 0 Å². The Kier molecular flexibility index (Phi) is 4.54. The van der Waals surface area contributed by atoms with Crippen molar-refractivity contribution >= 4 is 15.8 Å². The van der Waals surface area contributed by atoms with Crippen LogP contribution in [0.4, 0.5) is 0 Å². The standard InChI is InChI=1S/C21H23NO4S/c23-20(24)21(12-19(21)16-5-1-2-6-16)17-7-9-18(10-8-17)27(25,26)14-15-4-3-11-22-13-15/h3-4,7-11,13,16,19H,1-2,5-6,12,14H2,(H,23,24). The van der Waals surface area contributed by atoms with Gasteiger partial charge in [-0.2, -0.15) is 0 Å². The molecule has 0 spiro atoms. The minimum Gasteiger partial charge on any atom is -0.481 e. The van der Waals surface area contributed by atoms with Gasteiger partial charge in [0.05, 0.1) is 16.1 Å². The molecule has 0 aliphatic heterocycles. The molecule has 2 aliphatic rings. The van der Waals surface area contributed by atoms with E-state index in [-0.39, 0.29) is 16.6 Å². The molecular weight excluding hydrogens is 362 g/mol. The monoisotopic (exact) mass is 385 g/mol. The Morgan fingerprint density at radius 3 is 2.44 bits per heavy atom. The lowest BCUT2D eigenvalue weighted by atomic mass is 9.87. The van der Waals surface area contributed by atoms with Crippen molar-refractivity contribution in [2.45, 2.75) is 48.2 Å². The summed E-state index contributed by atoms with van der Waals surface area (Å²) in [6.07, 6.45) is 8.39. The fourth-order valence-electron chi connectivity index (χ4n) is 4.66. The van der Waals surface area contributed by atoms with E-state index in [9.17, 15) is 18.3 Å². The van der Waals surface area contributed by atoms with E-state index in [1.54, 1.807) is 48.8 Å². The first-order valence-corrected chi connectivity index (χ1v) is 11.0. The Bertz CT molecular complexity index is 934. The zero-order valence-corrected chi connectivity index (χ0v) is 15.9. The Labute approximate surface area is 159 Å². The number of hydrogen-bond acceptors (Lipinski definition) is 4. The van der Waals surface area contributed by atoms with Crippen LogP contribution in [0.1, 0.15) is 43.2 Å². The first kappa shape index (κ1) is 18.2. The van der Waals surface area contributed by atoms with Crippen LogP contribution in [0.3, 0.4) is 0 Å². The van der Waals surface area contributed by atoms with E-state index < -0.39 is 21.2 Å². The second-order valence-electron chi connectivity index (χ2n) is 7.78. The van der Waals surface area contributed by atoms with Crippen LogP contribution in [-0.2, 0) is 25.8 Å². The smallest absolute Gasteiger partial charge is 0.314 e. The van der Waals surface area contributed by atoms with Crippen LogP contribution in [-0.4, -0.2) is 24.5 Å². The summed E-state index contributed by atoms with van der Waals surface area (Å²) in [5, 5.41) is 9.89. The largest absolute Gasteiger partial charge is 0.481 e. The van der Waals surface area contributed by atoms with Crippen molar-refractivity contribution in [2.24, 2.45) is 11.8 Å². The van der Waals surface area contributed by atoms with Gasteiger partial charge in [0.25, 0.3) is 0 Å². The number of aromatic nitrogens is 1. The third-order valence-electron chi connectivity index (χ3n) is 6.17. The van der Waals surface area contributed by atoms with Crippen molar-refractivity contribution in [3.05, 3.63) is 59.9 Å². The van der Waals surface area contributed by atoms with Crippen molar-refractivity contribution in [1.82, 2.24) is 4.98 Å². The molecule has 1 aromatic carbocycles. The molecule has 0 radical (unpaired) electrons. The Hall–Kier alpha value is -2.21.